The standard InChI is InChI=1S/C12H9NOS/c1-2-10-3-5-11(6-4-10)9-13-12(14)7-8-15-13/h1,3-8H,9H2. The molecule has 0 N–H and O–H groups in total. The summed E-state index contributed by atoms with van der Waals surface area (Å²) in [6.45, 7) is 0.612. The minimum absolute atomic E-state index is 0.0426. The van der Waals surface area contributed by atoms with Gasteiger partial charge in [0.2, 0.25) is 0 Å². The third kappa shape index (κ3) is 2.17. The topological polar surface area (TPSA) is 22.0 Å². The van der Waals surface area contributed by atoms with E-state index in [2.05, 4.69) is 5.92 Å². The molecule has 1 aromatic heterocycles. The van der Waals surface area contributed by atoms with E-state index in [-0.39, 0.29) is 5.56 Å². The summed E-state index contributed by atoms with van der Waals surface area (Å²) in [4.78, 5) is 11.3. The van der Waals surface area contributed by atoms with E-state index in [9.17, 15) is 4.79 Å². The Morgan fingerprint density at radius 2 is 2.00 bits per heavy atom. The maximum atomic E-state index is 11.3. The molecule has 2 nitrogen and oxygen atoms in total. The molecule has 1 aromatic carbocycles. The number of hydrogen-bond acceptors (Lipinski definition) is 2. The second-order valence-corrected chi connectivity index (χ2v) is 4.05. The van der Waals surface area contributed by atoms with Crippen molar-refractivity contribution in [1.82, 2.24) is 3.96 Å². The summed E-state index contributed by atoms with van der Waals surface area (Å²) in [6, 6.07) is 9.23. The first kappa shape index (κ1) is 9.75. The fourth-order valence-electron chi connectivity index (χ4n) is 1.28. The van der Waals surface area contributed by atoms with Gasteiger partial charge in [0.15, 0.2) is 0 Å². The van der Waals surface area contributed by atoms with Gasteiger partial charge in [0, 0.05) is 17.0 Å². The van der Waals surface area contributed by atoms with Crippen molar-refractivity contribution in [2.45, 2.75) is 6.54 Å². The average molecular weight is 215 g/mol. The maximum Gasteiger partial charge on any atom is 0.260 e. The molecule has 0 unspecified atom stereocenters. The zero-order chi connectivity index (χ0) is 10.7. The van der Waals surface area contributed by atoms with Crippen LogP contribution in [0.15, 0.2) is 40.5 Å². The van der Waals surface area contributed by atoms with E-state index in [4.69, 9.17) is 6.42 Å². The molecular weight excluding hydrogens is 206 g/mol. The van der Waals surface area contributed by atoms with Crippen LogP contribution in [-0.4, -0.2) is 3.96 Å². The molecule has 2 aromatic rings. The largest absolute Gasteiger partial charge is 0.268 e. The van der Waals surface area contributed by atoms with Gasteiger partial charge in [-0.05, 0) is 17.7 Å². The predicted octanol–water partition coefficient (Wildman–Crippen LogP) is 1.94. The van der Waals surface area contributed by atoms with Crippen LogP contribution in [0.4, 0.5) is 0 Å². The Kier molecular flexibility index (Phi) is 2.70. The maximum absolute atomic E-state index is 11.3. The molecule has 0 saturated heterocycles. The molecule has 0 aliphatic carbocycles. The number of aromatic nitrogens is 1. The average Bonchev–Trinajstić information content (AvgIpc) is 2.66. The molecule has 0 spiro atoms. The lowest BCUT2D eigenvalue weighted by molar-refractivity contribution is 0.849. The van der Waals surface area contributed by atoms with Gasteiger partial charge in [-0.2, -0.15) is 0 Å². The second-order valence-electron chi connectivity index (χ2n) is 3.12. The Balaban J connectivity index is 2.23. The van der Waals surface area contributed by atoms with E-state index >= 15 is 0 Å². The van der Waals surface area contributed by atoms with Gasteiger partial charge in [-0.25, -0.2) is 0 Å². The van der Waals surface area contributed by atoms with Gasteiger partial charge in [-0.3, -0.25) is 8.75 Å². The van der Waals surface area contributed by atoms with E-state index in [1.165, 1.54) is 11.5 Å². The molecule has 1 heterocycles. The normalized spacial score (nSPS) is 9.80. The molecule has 0 fully saturated rings. The molecule has 0 bridgehead atoms. The minimum Gasteiger partial charge on any atom is -0.268 e. The van der Waals surface area contributed by atoms with E-state index in [0.717, 1.165) is 11.1 Å². The van der Waals surface area contributed by atoms with Crippen LogP contribution in [0.25, 0.3) is 0 Å². The smallest absolute Gasteiger partial charge is 0.260 e. The van der Waals surface area contributed by atoms with Crippen molar-refractivity contribution in [3.63, 3.8) is 0 Å². The Morgan fingerprint density at radius 3 is 2.53 bits per heavy atom. The highest BCUT2D eigenvalue weighted by molar-refractivity contribution is 7.04. The van der Waals surface area contributed by atoms with E-state index in [1.54, 1.807) is 15.4 Å². The molecule has 0 radical (unpaired) electrons. The SMILES string of the molecule is C#Cc1ccc(Cn2sccc2=O)cc1. The molecule has 74 valence electrons. The van der Waals surface area contributed by atoms with Crippen molar-refractivity contribution >= 4 is 11.5 Å². The molecule has 0 amide bonds. The monoisotopic (exact) mass is 215 g/mol. The fourth-order valence-corrected chi connectivity index (χ4v) is 2.00. The number of terminal acetylenes is 1. The Morgan fingerprint density at radius 1 is 1.27 bits per heavy atom. The number of hydrogen-bond donors (Lipinski definition) is 0. The lowest BCUT2D eigenvalue weighted by Crippen LogP contribution is -2.12. The molecule has 0 aliphatic heterocycles. The summed E-state index contributed by atoms with van der Waals surface area (Å²) in [5.41, 5.74) is 1.98. The second kappa shape index (κ2) is 4.16. The molecule has 0 saturated carbocycles. The minimum atomic E-state index is 0.0426. The van der Waals surface area contributed by atoms with E-state index in [1.807, 2.05) is 24.3 Å². The Bertz CT molecular complexity index is 542. The van der Waals surface area contributed by atoms with Crippen LogP contribution in [0.2, 0.25) is 0 Å². The quantitative estimate of drug-likeness (QED) is 0.702. The highest BCUT2D eigenvalue weighted by atomic mass is 32.1. The number of nitrogens with zero attached hydrogens (tertiary/aromatic N) is 1. The first-order valence-electron chi connectivity index (χ1n) is 4.50. The molecule has 15 heavy (non-hydrogen) atoms. The lowest BCUT2D eigenvalue weighted by atomic mass is 10.1. The van der Waals surface area contributed by atoms with Crippen LogP contribution >= 0.6 is 11.5 Å². The van der Waals surface area contributed by atoms with Gasteiger partial charge < -0.3 is 0 Å². The third-order valence-corrected chi connectivity index (χ3v) is 2.91. The summed E-state index contributed by atoms with van der Waals surface area (Å²) < 4.78 is 1.70. The van der Waals surface area contributed by atoms with Crippen LogP contribution in [0, 0.1) is 12.3 Å². The van der Waals surface area contributed by atoms with Crippen LogP contribution in [0.1, 0.15) is 11.1 Å². The Labute approximate surface area is 92.0 Å². The van der Waals surface area contributed by atoms with Gasteiger partial charge in [-0.1, -0.05) is 29.6 Å². The van der Waals surface area contributed by atoms with Gasteiger partial charge in [0.1, 0.15) is 0 Å². The van der Waals surface area contributed by atoms with Crippen molar-refractivity contribution in [1.29, 1.82) is 0 Å². The van der Waals surface area contributed by atoms with Crippen LogP contribution < -0.4 is 5.56 Å². The molecule has 0 atom stereocenters. The summed E-state index contributed by atoms with van der Waals surface area (Å²) in [7, 11) is 0. The van der Waals surface area contributed by atoms with Crippen molar-refractivity contribution in [3.8, 4) is 12.3 Å². The van der Waals surface area contributed by atoms with Gasteiger partial charge >= 0.3 is 0 Å². The highest BCUT2D eigenvalue weighted by Gasteiger charge is 1.98. The summed E-state index contributed by atoms with van der Waals surface area (Å²) in [6.07, 6.45) is 5.26. The van der Waals surface area contributed by atoms with E-state index < -0.39 is 0 Å². The summed E-state index contributed by atoms with van der Waals surface area (Å²) in [5, 5.41) is 1.79. The Hall–Kier alpha value is -1.79. The fraction of sp³-hybridized carbons (Fsp3) is 0.0833. The number of benzene rings is 1. The van der Waals surface area contributed by atoms with E-state index in [0.29, 0.717) is 6.54 Å². The predicted molar refractivity (Wildman–Crippen MR) is 62.1 cm³/mol. The van der Waals surface area contributed by atoms with Gasteiger partial charge in [-0.15, -0.1) is 6.42 Å². The van der Waals surface area contributed by atoms with Crippen molar-refractivity contribution in [2.24, 2.45) is 0 Å². The first-order chi connectivity index (χ1) is 7.29. The molecule has 3 heteroatoms. The van der Waals surface area contributed by atoms with Crippen molar-refractivity contribution in [3.05, 3.63) is 57.2 Å². The molecule has 2 rings (SSSR count). The van der Waals surface area contributed by atoms with Gasteiger partial charge in [0.25, 0.3) is 5.56 Å². The zero-order valence-electron chi connectivity index (χ0n) is 8.01. The third-order valence-electron chi connectivity index (χ3n) is 2.09. The zero-order valence-corrected chi connectivity index (χ0v) is 8.83. The highest BCUT2D eigenvalue weighted by Crippen LogP contribution is 2.06. The molecular formula is C12H9NOS. The summed E-state index contributed by atoms with van der Waals surface area (Å²) >= 11 is 1.42. The lowest BCUT2D eigenvalue weighted by Gasteiger charge is -2.00. The van der Waals surface area contributed by atoms with Crippen LogP contribution in [-0.2, 0) is 6.54 Å². The van der Waals surface area contributed by atoms with Crippen molar-refractivity contribution < 1.29 is 0 Å². The summed E-state index contributed by atoms with van der Waals surface area (Å²) in [5.74, 6) is 2.56. The van der Waals surface area contributed by atoms with Crippen molar-refractivity contribution in [2.75, 3.05) is 0 Å². The number of rotatable bonds is 2. The van der Waals surface area contributed by atoms with Gasteiger partial charge in [0.05, 0.1) is 6.54 Å². The molecule has 0 aliphatic rings. The van der Waals surface area contributed by atoms with Crippen LogP contribution in [0.3, 0.4) is 0 Å². The first-order valence-corrected chi connectivity index (χ1v) is 5.33. The van der Waals surface area contributed by atoms with Crippen LogP contribution in [0.5, 0.6) is 0 Å².